The van der Waals surface area contributed by atoms with E-state index in [2.05, 4.69) is 5.32 Å². The molecule has 0 aliphatic rings. The number of thiophene rings is 1. The molecule has 0 aromatic carbocycles. The van der Waals surface area contributed by atoms with Crippen LogP contribution in [0.25, 0.3) is 0 Å². The summed E-state index contributed by atoms with van der Waals surface area (Å²) in [5.74, 6) is -0.521. The Hall–Kier alpha value is -1.40. The summed E-state index contributed by atoms with van der Waals surface area (Å²) >= 11 is 1.59. The molecule has 1 unspecified atom stereocenters. The van der Waals surface area contributed by atoms with Crippen LogP contribution in [0.15, 0.2) is 17.5 Å². The van der Waals surface area contributed by atoms with E-state index < -0.39 is 0 Å². The molecule has 1 aromatic rings. The highest BCUT2D eigenvalue weighted by atomic mass is 32.1. The molecule has 5 nitrogen and oxygen atoms in total. The van der Waals surface area contributed by atoms with E-state index in [9.17, 15) is 9.59 Å². The van der Waals surface area contributed by atoms with Gasteiger partial charge in [0.25, 0.3) is 0 Å². The highest BCUT2D eigenvalue weighted by molar-refractivity contribution is 7.09. The van der Waals surface area contributed by atoms with Gasteiger partial charge in [0.1, 0.15) is 0 Å². The fraction of sp³-hybridized carbons (Fsp3) is 0.500. The van der Waals surface area contributed by atoms with E-state index in [1.54, 1.807) is 25.3 Å². The molecule has 1 rings (SSSR count). The Morgan fingerprint density at radius 3 is 2.83 bits per heavy atom. The molecule has 0 fully saturated rings. The number of carbonyl (C=O) groups is 2. The first kappa shape index (κ1) is 14.7. The zero-order chi connectivity index (χ0) is 13.5. The van der Waals surface area contributed by atoms with Crippen LogP contribution in [-0.4, -0.2) is 36.9 Å². The molecule has 0 saturated heterocycles. The van der Waals surface area contributed by atoms with Crippen LogP contribution in [0.4, 0.5) is 0 Å². The van der Waals surface area contributed by atoms with Gasteiger partial charge in [-0.2, -0.15) is 0 Å². The fourth-order valence-corrected chi connectivity index (χ4v) is 2.07. The number of hydrogen-bond acceptors (Lipinski definition) is 4. The van der Waals surface area contributed by atoms with Crippen LogP contribution < -0.4 is 11.1 Å². The van der Waals surface area contributed by atoms with Gasteiger partial charge in [-0.05, 0) is 11.4 Å². The number of carbonyl (C=O) groups excluding carboxylic acids is 2. The van der Waals surface area contributed by atoms with E-state index in [4.69, 9.17) is 5.73 Å². The first-order valence-electron chi connectivity index (χ1n) is 5.78. The lowest BCUT2D eigenvalue weighted by Gasteiger charge is -2.19. The molecule has 0 saturated carbocycles. The molecular weight excluding hydrogens is 250 g/mol. The van der Waals surface area contributed by atoms with Gasteiger partial charge in [-0.3, -0.25) is 9.59 Å². The van der Waals surface area contributed by atoms with Crippen LogP contribution in [0.2, 0.25) is 0 Å². The molecule has 2 amide bonds. The van der Waals surface area contributed by atoms with E-state index >= 15 is 0 Å². The summed E-state index contributed by atoms with van der Waals surface area (Å²) in [6.07, 6.45) is 0. The predicted octanol–water partition coefficient (Wildman–Crippen LogP) is 0.417. The van der Waals surface area contributed by atoms with Gasteiger partial charge >= 0.3 is 0 Å². The van der Waals surface area contributed by atoms with Crippen LogP contribution in [0.5, 0.6) is 0 Å². The third-order valence-electron chi connectivity index (χ3n) is 2.57. The van der Waals surface area contributed by atoms with Crippen LogP contribution in [0.3, 0.4) is 0 Å². The Kier molecular flexibility index (Phi) is 5.80. The van der Waals surface area contributed by atoms with Gasteiger partial charge in [-0.25, -0.2) is 0 Å². The number of amides is 2. The summed E-state index contributed by atoms with van der Waals surface area (Å²) in [5.41, 5.74) is 5.42. The van der Waals surface area contributed by atoms with E-state index in [1.165, 1.54) is 4.90 Å². The largest absolute Gasteiger partial charge is 0.350 e. The lowest BCUT2D eigenvalue weighted by molar-refractivity contribution is -0.137. The first-order chi connectivity index (χ1) is 8.54. The number of nitrogens with one attached hydrogen (secondary N) is 1. The summed E-state index contributed by atoms with van der Waals surface area (Å²) in [6.45, 7) is 2.61. The average Bonchev–Trinajstić information content (AvgIpc) is 2.87. The maximum atomic E-state index is 11.7. The highest BCUT2D eigenvalue weighted by Gasteiger charge is 2.17. The molecule has 3 N–H and O–H groups in total. The molecule has 1 aromatic heterocycles. The van der Waals surface area contributed by atoms with Crippen LogP contribution in [0.1, 0.15) is 11.8 Å². The van der Waals surface area contributed by atoms with Gasteiger partial charge in [0.05, 0.1) is 13.1 Å². The second-order valence-electron chi connectivity index (χ2n) is 4.19. The molecule has 0 bridgehead atoms. The van der Waals surface area contributed by atoms with Crippen molar-refractivity contribution in [2.75, 3.05) is 20.1 Å². The van der Waals surface area contributed by atoms with Crippen LogP contribution in [0, 0.1) is 5.92 Å². The Labute approximate surface area is 111 Å². The molecular formula is C12H19N3O2S. The molecule has 0 aliphatic heterocycles. The normalized spacial score (nSPS) is 11.9. The van der Waals surface area contributed by atoms with Crippen molar-refractivity contribution in [1.29, 1.82) is 0 Å². The van der Waals surface area contributed by atoms with Gasteiger partial charge in [-0.15, -0.1) is 11.3 Å². The van der Waals surface area contributed by atoms with Crippen molar-refractivity contribution in [3.63, 3.8) is 0 Å². The van der Waals surface area contributed by atoms with Gasteiger partial charge in [0.15, 0.2) is 0 Å². The summed E-state index contributed by atoms with van der Waals surface area (Å²) in [5, 5.41) is 4.73. The number of rotatable bonds is 6. The first-order valence-corrected chi connectivity index (χ1v) is 6.66. The molecule has 100 valence electrons. The van der Waals surface area contributed by atoms with Crippen LogP contribution in [-0.2, 0) is 16.1 Å². The zero-order valence-corrected chi connectivity index (χ0v) is 11.5. The highest BCUT2D eigenvalue weighted by Crippen LogP contribution is 2.07. The maximum absolute atomic E-state index is 11.7. The monoisotopic (exact) mass is 269 g/mol. The molecule has 0 aliphatic carbocycles. The van der Waals surface area contributed by atoms with Crippen molar-refractivity contribution < 1.29 is 9.59 Å². The minimum absolute atomic E-state index is 0.0640. The predicted molar refractivity (Wildman–Crippen MR) is 72.0 cm³/mol. The van der Waals surface area contributed by atoms with Crippen molar-refractivity contribution >= 4 is 23.2 Å². The molecule has 18 heavy (non-hydrogen) atoms. The fourth-order valence-electron chi connectivity index (χ4n) is 1.43. The summed E-state index contributed by atoms with van der Waals surface area (Å²) < 4.78 is 0. The van der Waals surface area contributed by atoms with Gasteiger partial charge < -0.3 is 16.0 Å². The summed E-state index contributed by atoms with van der Waals surface area (Å²) in [7, 11) is 1.61. The zero-order valence-electron chi connectivity index (χ0n) is 10.7. The van der Waals surface area contributed by atoms with Gasteiger partial charge in [-0.1, -0.05) is 13.0 Å². The lowest BCUT2D eigenvalue weighted by atomic mass is 10.1. The molecule has 0 radical (unpaired) electrons. The second kappa shape index (κ2) is 7.13. The molecule has 1 atom stereocenters. The van der Waals surface area contributed by atoms with Gasteiger partial charge in [0, 0.05) is 24.4 Å². The smallest absolute Gasteiger partial charge is 0.239 e. The molecule has 1 heterocycles. The Morgan fingerprint density at radius 2 is 2.28 bits per heavy atom. The third-order valence-corrected chi connectivity index (χ3v) is 3.45. The van der Waals surface area contributed by atoms with Crippen molar-refractivity contribution in [3.8, 4) is 0 Å². The SMILES string of the molecule is CC(CN)C(=O)N(C)CC(=O)NCc1cccs1. The van der Waals surface area contributed by atoms with Crippen LogP contribution >= 0.6 is 11.3 Å². The average molecular weight is 269 g/mol. The standard InChI is InChI=1S/C12H19N3O2S/c1-9(6-13)12(17)15(2)8-11(16)14-7-10-4-3-5-18-10/h3-5,9H,6-8,13H2,1-2H3,(H,14,16). The molecule has 0 spiro atoms. The topological polar surface area (TPSA) is 75.4 Å². The van der Waals surface area contributed by atoms with Crippen molar-refractivity contribution in [1.82, 2.24) is 10.2 Å². The van der Waals surface area contributed by atoms with E-state index in [1.807, 2.05) is 17.5 Å². The van der Waals surface area contributed by atoms with E-state index in [0.29, 0.717) is 13.1 Å². The van der Waals surface area contributed by atoms with E-state index in [-0.39, 0.29) is 24.3 Å². The number of hydrogen-bond donors (Lipinski definition) is 2. The Morgan fingerprint density at radius 1 is 1.56 bits per heavy atom. The minimum Gasteiger partial charge on any atom is -0.350 e. The van der Waals surface area contributed by atoms with E-state index in [0.717, 1.165) is 4.88 Å². The number of likely N-dealkylation sites (N-methyl/N-ethyl adjacent to an activating group) is 1. The number of nitrogens with zero attached hydrogens (tertiary/aromatic N) is 1. The maximum Gasteiger partial charge on any atom is 0.239 e. The Bertz CT molecular complexity index is 392. The minimum atomic E-state index is -0.250. The van der Waals surface area contributed by atoms with Crippen molar-refractivity contribution in [2.24, 2.45) is 11.7 Å². The summed E-state index contributed by atoms with van der Waals surface area (Å²) in [4.78, 5) is 25.8. The summed E-state index contributed by atoms with van der Waals surface area (Å²) in [6, 6.07) is 3.89. The second-order valence-corrected chi connectivity index (χ2v) is 5.22. The Balaban J connectivity index is 2.33. The molecule has 6 heteroatoms. The van der Waals surface area contributed by atoms with Gasteiger partial charge in [0.2, 0.25) is 11.8 Å². The van der Waals surface area contributed by atoms with Crippen molar-refractivity contribution in [3.05, 3.63) is 22.4 Å². The van der Waals surface area contributed by atoms with Crippen molar-refractivity contribution in [2.45, 2.75) is 13.5 Å². The number of nitrogens with two attached hydrogens (primary N) is 1. The lowest BCUT2D eigenvalue weighted by Crippen LogP contribution is -2.41. The quantitative estimate of drug-likeness (QED) is 0.786. The third kappa shape index (κ3) is 4.46.